The van der Waals surface area contributed by atoms with E-state index >= 15 is 0 Å². The molecule has 1 aliphatic rings. The highest BCUT2D eigenvalue weighted by Crippen LogP contribution is 2.25. The van der Waals surface area contributed by atoms with Crippen molar-refractivity contribution in [2.75, 3.05) is 33.4 Å². The predicted molar refractivity (Wildman–Crippen MR) is 67.5 cm³/mol. The molecule has 0 spiro atoms. The van der Waals surface area contributed by atoms with Crippen LogP contribution in [0.5, 0.6) is 11.5 Å². The smallest absolute Gasteiger partial charge is 0.161 e. The van der Waals surface area contributed by atoms with Crippen LogP contribution in [0.1, 0.15) is 6.42 Å². The van der Waals surface area contributed by atoms with E-state index in [9.17, 15) is 0 Å². The minimum Gasteiger partial charge on any atom is -0.493 e. The van der Waals surface area contributed by atoms with Gasteiger partial charge in [-0.25, -0.2) is 0 Å². The standard InChI is InChI=1S/C13H20N2O2/c1-16-12-4-2-3-5-13(12)17-9-8-15-7-6-11(14)10-15/h2-5,11H,6-10,14H2,1H3/t11-/m0/s1. The third kappa shape index (κ3) is 3.35. The van der Waals surface area contributed by atoms with E-state index in [1.165, 1.54) is 0 Å². The number of para-hydroxylation sites is 2. The van der Waals surface area contributed by atoms with E-state index < -0.39 is 0 Å². The molecule has 4 nitrogen and oxygen atoms in total. The fraction of sp³-hybridized carbons (Fsp3) is 0.538. The zero-order valence-corrected chi connectivity index (χ0v) is 10.3. The Morgan fingerprint density at radius 2 is 2.12 bits per heavy atom. The van der Waals surface area contributed by atoms with Gasteiger partial charge < -0.3 is 15.2 Å². The van der Waals surface area contributed by atoms with Crippen LogP contribution >= 0.6 is 0 Å². The molecule has 94 valence electrons. The number of nitrogens with two attached hydrogens (primary N) is 1. The van der Waals surface area contributed by atoms with Crippen molar-refractivity contribution < 1.29 is 9.47 Å². The molecule has 0 aromatic heterocycles. The lowest BCUT2D eigenvalue weighted by Gasteiger charge is -2.16. The molecule has 0 saturated carbocycles. The van der Waals surface area contributed by atoms with Crippen LogP contribution in [0.25, 0.3) is 0 Å². The molecule has 1 fully saturated rings. The second-order valence-corrected chi connectivity index (χ2v) is 4.35. The van der Waals surface area contributed by atoms with E-state index in [2.05, 4.69) is 4.90 Å². The summed E-state index contributed by atoms with van der Waals surface area (Å²) in [7, 11) is 1.65. The zero-order valence-electron chi connectivity index (χ0n) is 10.3. The minimum atomic E-state index is 0.335. The van der Waals surface area contributed by atoms with Gasteiger partial charge in [-0.15, -0.1) is 0 Å². The van der Waals surface area contributed by atoms with E-state index in [1.807, 2.05) is 24.3 Å². The molecule has 1 atom stereocenters. The zero-order chi connectivity index (χ0) is 12.1. The molecule has 1 saturated heterocycles. The van der Waals surface area contributed by atoms with Crippen LogP contribution in [-0.4, -0.2) is 44.3 Å². The van der Waals surface area contributed by atoms with Crippen molar-refractivity contribution in [2.24, 2.45) is 5.73 Å². The highest BCUT2D eigenvalue weighted by molar-refractivity contribution is 5.39. The molecule has 17 heavy (non-hydrogen) atoms. The molecular weight excluding hydrogens is 216 g/mol. The van der Waals surface area contributed by atoms with Crippen molar-refractivity contribution in [3.63, 3.8) is 0 Å². The highest BCUT2D eigenvalue weighted by Gasteiger charge is 2.18. The van der Waals surface area contributed by atoms with Gasteiger partial charge in [-0.3, -0.25) is 4.90 Å². The summed E-state index contributed by atoms with van der Waals surface area (Å²) in [6.45, 7) is 3.66. The Morgan fingerprint density at radius 1 is 1.35 bits per heavy atom. The Balaban J connectivity index is 1.78. The first-order valence-electron chi connectivity index (χ1n) is 6.03. The molecule has 1 aromatic rings. The number of hydrogen-bond acceptors (Lipinski definition) is 4. The molecule has 1 aliphatic heterocycles. The third-order valence-electron chi connectivity index (χ3n) is 3.04. The quantitative estimate of drug-likeness (QED) is 0.832. The number of ether oxygens (including phenoxy) is 2. The maximum absolute atomic E-state index is 5.85. The molecule has 0 bridgehead atoms. The fourth-order valence-electron chi connectivity index (χ4n) is 2.09. The Hall–Kier alpha value is -1.26. The van der Waals surface area contributed by atoms with Crippen molar-refractivity contribution in [1.82, 2.24) is 4.90 Å². The van der Waals surface area contributed by atoms with Gasteiger partial charge in [0.2, 0.25) is 0 Å². The number of hydrogen-bond donors (Lipinski definition) is 1. The van der Waals surface area contributed by atoms with Crippen molar-refractivity contribution in [3.05, 3.63) is 24.3 Å². The van der Waals surface area contributed by atoms with Crippen LogP contribution in [-0.2, 0) is 0 Å². The molecule has 0 amide bonds. The van der Waals surface area contributed by atoms with Gasteiger partial charge in [-0.05, 0) is 25.1 Å². The summed E-state index contributed by atoms with van der Waals surface area (Å²) in [5.41, 5.74) is 5.85. The van der Waals surface area contributed by atoms with Crippen LogP contribution in [0.2, 0.25) is 0 Å². The maximum Gasteiger partial charge on any atom is 0.161 e. The van der Waals surface area contributed by atoms with Crippen molar-refractivity contribution in [3.8, 4) is 11.5 Å². The number of benzene rings is 1. The first kappa shape index (κ1) is 12.2. The molecule has 0 aliphatic carbocycles. The fourth-order valence-corrected chi connectivity index (χ4v) is 2.09. The van der Waals surface area contributed by atoms with Gasteiger partial charge in [0, 0.05) is 19.1 Å². The average Bonchev–Trinajstić information content (AvgIpc) is 2.76. The van der Waals surface area contributed by atoms with Crippen molar-refractivity contribution in [1.29, 1.82) is 0 Å². The van der Waals surface area contributed by atoms with Crippen LogP contribution in [0, 0.1) is 0 Å². The lowest BCUT2D eigenvalue weighted by Crippen LogP contribution is -2.29. The number of rotatable bonds is 5. The van der Waals surface area contributed by atoms with Crippen molar-refractivity contribution in [2.45, 2.75) is 12.5 Å². The largest absolute Gasteiger partial charge is 0.493 e. The van der Waals surface area contributed by atoms with Gasteiger partial charge in [0.15, 0.2) is 11.5 Å². The monoisotopic (exact) mass is 236 g/mol. The highest BCUT2D eigenvalue weighted by atomic mass is 16.5. The third-order valence-corrected chi connectivity index (χ3v) is 3.04. The lowest BCUT2D eigenvalue weighted by atomic mass is 10.3. The maximum atomic E-state index is 5.85. The second-order valence-electron chi connectivity index (χ2n) is 4.35. The van der Waals surface area contributed by atoms with Crippen LogP contribution in [0.3, 0.4) is 0 Å². The molecule has 0 unspecified atom stereocenters. The van der Waals surface area contributed by atoms with Crippen molar-refractivity contribution >= 4 is 0 Å². The van der Waals surface area contributed by atoms with Crippen LogP contribution in [0.4, 0.5) is 0 Å². The van der Waals surface area contributed by atoms with Gasteiger partial charge in [0.1, 0.15) is 6.61 Å². The average molecular weight is 236 g/mol. The van der Waals surface area contributed by atoms with Gasteiger partial charge in [-0.1, -0.05) is 12.1 Å². The molecule has 1 aromatic carbocycles. The topological polar surface area (TPSA) is 47.7 Å². The summed E-state index contributed by atoms with van der Waals surface area (Å²) in [5.74, 6) is 1.59. The summed E-state index contributed by atoms with van der Waals surface area (Å²) in [6, 6.07) is 8.05. The van der Waals surface area contributed by atoms with E-state index in [1.54, 1.807) is 7.11 Å². The van der Waals surface area contributed by atoms with Gasteiger partial charge >= 0.3 is 0 Å². The molecule has 4 heteroatoms. The number of nitrogens with zero attached hydrogens (tertiary/aromatic N) is 1. The van der Waals surface area contributed by atoms with E-state index in [4.69, 9.17) is 15.2 Å². The molecular formula is C13H20N2O2. The Kier molecular flexibility index (Phi) is 4.23. The van der Waals surface area contributed by atoms with E-state index in [-0.39, 0.29) is 0 Å². The number of likely N-dealkylation sites (tertiary alicyclic amines) is 1. The Bertz CT molecular complexity index is 357. The molecule has 2 rings (SSSR count). The molecule has 0 radical (unpaired) electrons. The summed E-state index contributed by atoms with van der Waals surface area (Å²) in [6.07, 6.45) is 1.09. The molecule has 1 heterocycles. The number of methoxy groups -OCH3 is 1. The first-order valence-corrected chi connectivity index (χ1v) is 6.03. The first-order chi connectivity index (χ1) is 8.29. The minimum absolute atomic E-state index is 0.335. The lowest BCUT2D eigenvalue weighted by molar-refractivity contribution is 0.229. The Labute approximate surface area is 102 Å². The molecule has 2 N–H and O–H groups in total. The van der Waals surface area contributed by atoms with Crippen LogP contribution < -0.4 is 15.2 Å². The van der Waals surface area contributed by atoms with E-state index in [0.29, 0.717) is 12.6 Å². The van der Waals surface area contributed by atoms with Crippen LogP contribution in [0.15, 0.2) is 24.3 Å². The summed E-state index contributed by atoms with van der Waals surface area (Å²) >= 11 is 0. The van der Waals surface area contributed by atoms with Gasteiger partial charge in [-0.2, -0.15) is 0 Å². The van der Waals surface area contributed by atoms with E-state index in [0.717, 1.165) is 37.6 Å². The van der Waals surface area contributed by atoms with Gasteiger partial charge in [0.05, 0.1) is 7.11 Å². The normalized spacial score (nSPS) is 20.5. The summed E-state index contributed by atoms with van der Waals surface area (Å²) < 4.78 is 10.9. The Morgan fingerprint density at radius 3 is 2.76 bits per heavy atom. The SMILES string of the molecule is COc1ccccc1OCCN1CC[C@H](N)C1. The summed E-state index contributed by atoms with van der Waals surface area (Å²) in [5, 5.41) is 0. The predicted octanol–water partition coefficient (Wildman–Crippen LogP) is 1.11. The van der Waals surface area contributed by atoms with Gasteiger partial charge in [0.25, 0.3) is 0 Å². The summed E-state index contributed by atoms with van der Waals surface area (Å²) in [4.78, 5) is 2.33. The second kappa shape index (κ2) is 5.89.